The molecule has 0 aliphatic heterocycles. The van der Waals surface area contributed by atoms with Gasteiger partial charge in [0.05, 0.1) is 10.2 Å². The average Bonchev–Trinajstić information content (AvgIpc) is 3.25. The highest BCUT2D eigenvalue weighted by Gasteiger charge is 2.11. The number of benzene rings is 1. The number of carbonyl (C=O) groups is 1. The van der Waals surface area contributed by atoms with E-state index in [0.29, 0.717) is 17.3 Å². The fourth-order valence-electron chi connectivity index (χ4n) is 2.64. The summed E-state index contributed by atoms with van der Waals surface area (Å²) < 4.78 is 14.1. The number of carbonyl (C=O) groups excluding carboxylic acids is 1. The molecule has 0 aliphatic rings. The molecule has 2 heterocycles. The van der Waals surface area contributed by atoms with E-state index >= 15 is 0 Å². The number of furan rings is 1. The van der Waals surface area contributed by atoms with Gasteiger partial charge >= 0.3 is 0 Å². The van der Waals surface area contributed by atoms with Crippen LogP contribution in [-0.2, 0) is 13.2 Å². The Morgan fingerprint density at radius 1 is 1.32 bits per heavy atom. The molecule has 148 valence electrons. The van der Waals surface area contributed by atoms with Gasteiger partial charge < -0.3 is 14.5 Å². The first-order valence-corrected chi connectivity index (χ1v) is 10.0. The summed E-state index contributed by atoms with van der Waals surface area (Å²) in [6, 6.07) is 8.81. The Hall–Kier alpha value is -2.25. The minimum absolute atomic E-state index is 0.239. The smallest absolute Gasteiger partial charge is 0.286 e. The molecule has 0 unspecified atom stereocenters. The molecule has 8 heteroatoms. The molecule has 0 atom stereocenters. The molecule has 0 saturated carbocycles. The van der Waals surface area contributed by atoms with Crippen LogP contribution in [0.2, 0.25) is 5.02 Å². The van der Waals surface area contributed by atoms with Gasteiger partial charge in [0.25, 0.3) is 5.91 Å². The molecule has 0 radical (unpaired) electrons. The number of halogens is 2. The van der Waals surface area contributed by atoms with Crippen LogP contribution in [-0.4, -0.2) is 22.2 Å². The van der Waals surface area contributed by atoms with Gasteiger partial charge in [0.2, 0.25) is 0 Å². The Labute approximate surface area is 176 Å². The largest absolute Gasteiger partial charge is 0.485 e. The van der Waals surface area contributed by atoms with Crippen LogP contribution in [0.1, 0.15) is 34.0 Å². The van der Waals surface area contributed by atoms with Gasteiger partial charge in [-0.25, -0.2) is 0 Å². The molecule has 0 saturated heterocycles. The lowest BCUT2D eigenvalue weighted by Gasteiger charge is -2.07. The van der Waals surface area contributed by atoms with E-state index < -0.39 is 0 Å². The second-order valence-corrected chi connectivity index (χ2v) is 7.69. The standard InChI is InChI=1S/C20H21BrClN3O3/c1-13-10-15(22)4-6-18(13)27-12-16-5-7-19(28-16)20(26)23-8-3-9-25-11-17(21)14(2)24-25/h4-7,10-11H,3,8-9,12H2,1-2H3,(H,23,26). The maximum absolute atomic E-state index is 12.2. The number of hydrogen-bond donors (Lipinski definition) is 1. The summed E-state index contributed by atoms with van der Waals surface area (Å²) in [4.78, 5) is 12.2. The molecule has 0 bridgehead atoms. The fraction of sp³-hybridized carbons (Fsp3) is 0.300. The predicted molar refractivity (Wildman–Crippen MR) is 111 cm³/mol. The van der Waals surface area contributed by atoms with E-state index in [0.717, 1.165) is 34.4 Å². The van der Waals surface area contributed by atoms with E-state index in [1.807, 2.05) is 36.9 Å². The van der Waals surface area contributed by atoms with Crippen molar-refractivity contribution < 1.29 is 13.9 Å². The predicted octanol–water partition coefficient (Wildman–Crippen LogP) is 4.91. The fourth-order valence-corrected chi connectivity index (χ4v) is 3.18. The number of rotatable bonds is 8. The van der Waals surface area contributed by atoms with E-state index in [9.17, 15) is 4.79 Å². The molecule has 6 nitrogen and oxygen atoms in total. The van der Waals surface area contributed by atoms with Crippen molar-refractivity contribution in [3.63, 3.8) is 0 Å². The molecular formula is C20H21BrClN3O3. The van der Waals surface area contributed by atoms with E-state index in [1.165, 1.54) is 0 Å². The maximum atomic E-state index is 12.2. The van der Waals surface area contributed by atoms with Gasteiger partial charge in [-0.1, -0.05) is 11.6 Å². The molecule has 1 amide bonds. The van der Waals surface area contributed by atoms with Gasteiger partial charge in [-0.05, 0) is 72.1 Å². The minimum atomic E-state index is -0.244. The Morgan fingerprint density at radius 2 is 2.14 bits per heavy atom. The van der Waals surface area contributed by atoms with Crippen molar-refractivity contribution >= 4 is 33.4 Å². The molecular weight excluding hydrogens is 446 g/mol. The van der Waals surface area contributed by atoms with Crippen molar-refractivity contribution in [1.82, 2.24) is 15.1 Å². The normalized spacial score (nSPS) is 10.9. The molecule has 1 aromatic carbocycles. The van der Waals surface area contributed by atoms with Crippen LogP contribution in [0.3, 0.4) is 0 Å². The van der Waals surface area contributed by atoms with Crippen molar-refractivity contribution in [2.45, 2.75) is 33.4 Å². The van der Waals surface area contributed by atoms with Crippen molar-refractivity contribution in [2.24, 2.45) is 0 Å². The second-order valence-electron chi connectivity index (χ2n) is 6.40. The van der Waals surface area contributed by atoms with Gasteiger partial charge in [-0.3, -0.25) is 9.48 Å². The summed E-state index contributed by atoms with van der Waals surface area (Å²) in [5.74, 6) is 1.33. The first-order chi connectivity index (χ1) is 13.4. The van der Waals surface area contributed by atoms with E-state index in [2.05, 4.69) is 26.3 Å². The van der Waals surface area contributed by atoms with Crippen molar-refractivity contribution in [2.75, 3.05) is 6.54 Å². The molecule has 1 N–H and O–H groups in total. The van der Waals surface area contributed by atoms with Crippen LogP contribution in [0.5, 0.6) is 5.75 Å². The summed E-state index contributed by atoms with van der Waals surface area (Å²) in [7, 11) is 0. The lowest BCUT2D eigenvalue weighted by Crippen LogP contribution is -2.24. The van der Waals surface area contributed by atoms with E-state index in [1.54, 1.807) is 18.2 Å². The molecule has 0 fully saturated rings. The molecule has 28 heavy (non-hydrogen) atoms. The van der Waals surface area contributed by atoms with E-state index in [4.69, 9.17) is 20.8 Å². The summed E-state index contributed by atoms with van der Waals surface area (Å²) in [5.41, 5.74) is 1.89. The zero-order chi connectivity index (χ0) is 20.1. The van der Waals surface area contributed by atoms with Crippen LogP contribution >= 0.6 is 27.5 Å². The number of aromatic nitrogens is 2. The molecule has 0 spiro atoms. The van der Waals surface area contributed by atoms with Crippen molar-refractivity contribution in [3.05, 3.63) is 68.8 Å². The summed E-state index contributed by atoms with van der Waals surface area (Å²) >= 11 is 9.38. The second kappa shape index (κ2) is 9.30. The third-order valence-corrected chi connectivity index (χ3v) is 5.14. The van der Waals surface area contributed by atoms with E-state index in [-0.39, 0.29) is 18.3 Å². The number of ether oxygens (including phenoxy) is 1. The zero-order valence-electron chi connectivity index (χ0n) is 15.7. The van der Waals surface area contributed by atoms with Crippen molar-refractivity contribution in [3.8, 4) is 5.75 Å². The molecule has 0 aliphatic carbocycles. The van der Waals surface area contributed by atoms with Crippen LogP contribution in [0.4, 0.5) is 0 Å². The number of hydrogen-bond acceptors (Lipinski definition) is 4. The summed E-state index contributed by atoms with van der Waals surface area (Å²) in [6.07, 6.45) is 2.70. The number of amides is 1. The SMILES string of the molecule is Cc1cc(Cl)ccc1OCc1ccc(C(=O)NCCCn2cc(Br)c(C)n2)o1. The Morgan fingerprint density at radius 3 is 2.86 bits per heavy atom. The third-order valence-electron chi connectivity index (χ3n) is 4.13. The molecule has 3 rings (SSSR count). The lowest BCUT2D eigenvalue weighted by atomic mass is 10.2. The third kappa shape index (κ3) is 5.39. The van der Waals surface area contributed by atoms with Crippen molar-refractivity contribution in [1.29, 1.82) is 0 Å². The summed E-state index contributed by atoms with van der Waals surface area (Å²) in [5, 5.41) is 7.88. The lowest BCUT2D eigenvalue weighted by molar-refractivity contribution is 0.0920. The number of aryl methyl sites for hydroxylation is 3. The number of nitrogens with zero attached hydrogens (tertiary/aromatic N) is 2. The van der Waals surface area contributed by atoms with Gasteiger partial charge in [0, 0.05) is 24.3 Å². The highest BCUT2D eigenvalue weighted by molar-refractivity contribution is 9.10. The number of nitrogens with one attached hydrogen (secondary N) is 1. The zero-order valence-corrected chi connectivity index (χ0v) is 18.0. The topological polar surface area (TPSA) is 69.3 Å². The van der Waals surface area contributed by atoms with Gasteiger partial charge in [-0.15, -0.1) is 0 Å². The minimum Gasteiger partial charge on any atom is -0.485 e. The Balaban J connectivity index is 1.44. The highest BCUT2D eigenvalue weighted by atomic mass is 79.9. The first kappa shape index (κ1) is 20.5. The van der Waals surface area contributed by atoms with Crippen LogP contribution in [0.25, 0.3) is 0 Å². The summed E-state index contributed by atoms with van der Waals surface area (Å²) in [6.45, 7) is 5.36. The Bertz CT molecular complexity index is 948. The maximum Gasteiger partial charge on any atom is 0.286 e. The highest BCUT2D eigenvalue weighted by Crippen LogP contribution is 2.23. The first-order valence-electron chi connectivity index (χ1n) is 8.88. The van der Waals surface area contributed by atoms with Crippen LogP contribution in [0.15, 0.2) is 45.4 Å². The van der Waals surface area contributed by atoms with Crippen LogP contribution in [0, 0.1) is 13.8 Å². The van der Waals surface area contributed by atoms with Crippen LogP contribution < -0.4 is 10.1 Å². The molecule has 3 aromatic rings. The average molecular weight is 467 g/mol. The van der Waals surface area contributed by atoms with Gasteiger partial charge in [0.15, 0.2) is 5.76 Å². The Kier molecular flexibility index (Phi) is 6.80. The molecule has 2 aromatic heterocycles. The van der Waals surface area contributed by atoms with Gasteiger partial charge in [-0.2, -0.15) is 5.10 Å². The van der Waals surface area contributed by atoms with Gasteiger partial charge in [0.1, 0.15) is 18.1 Å². The monoisotopic (exact) mass is 465 g/mol. The quantitative estimate of drug-likeness (QED) is 0.479.